The van der Waals surface area contributed by atoms with Gasteiger partial charge in [-0.3, -0.25) is 0 Å². The maximum absolute atomic E-state index is 8.61. The summed E-state index contributed by atoms with van der Waals surface area (Å²) in [5.41, 5.74) is 12.3. The van der Waals surface area contributed by atoms with E-state index < -0.39 is 6.85 Å². The van der Waals surface area contributed by atoms with Crippen LogP contribution < -0.4 is 4.57 Å². The summed E-state index contributed by atoms with van der Waals surface area (Å²) in [6, 6.07) is 15.6. The van der Waals surface area contributed by atoms with Crippen LogP contribution in [0.25, 0.3) is 38.6 Å². The first-order chi connectivity index (χ1) is 20.4. The van der Waals surface area contributed by atoms with Gasteiger partial charge < -0.3 is 0 Å². The number of fused-ring (bicyclic) bond motifs is 3. The van der Waals surface area contributed by atoms with Crippen molar-refractivity contribution < 1.29 is 8.68 Å². The Hall–Kier alpha value is -3.13. The van der Waals surface area contributed by atoms with E-state index in [1.165, 1.54) is 44.8 Å². The molecule has 0 fully saturated rings. The zero-order chi connectivity index (χ0) is 32.3. The fraction of sp³-hybridized carbons (Fsp3) is 0.462. The van der Waals surface area contributed by atoms with Crippen molar-refractivity contribution in [2.75, 3.05) is 0 Å². The normalized spacial score (nSPS) is 17.2. The van der Waals surface area contributed by atoms with E-state index in [-0.39, 0.29) is 10.8 Å². The fourth-order valence-corrected chi connectivity index (χ4v) is 7.65. The first-order valence-corrected chi connectivity index (χ1v) is 15.5. The monoisotopic (exact) mass is 548 g/mol. The van der Waals surface area contributed by atoms with Gasteiger partial charge in [-0.2, -0.15) is 4.40 Å². The van der Waals surface area contributed by atoms with Gasteiger partial charge in [0.2, 0.25) is 0 Å². The van der Waals surface area contributed by atoms with E-state index in [2.05, 4.69) is 122 Å². The van der Waals surface area contributed by atoms with E-state index >= 15 is 0 Å². The predicted molar refractivity (Wildman–Crippen MR) is 176 cm³/mol. The largest absolute Gasteiger partial charge is 0.295 e. The van der Waals surface area contributed by atoms with Crippen molar-refractivity contribution in [2.45, 2.75) is 99.8 Å². The van der Waals surface area contributed by atoms with Gasteiger partial charge in [0.1, 0.15) is 5.52 Å². The Morgan fingerprint density at radius 1 is 0.805 bits per heavy atom. The molecule has 0 bridgehead atoms. The van der Waals surface area contributed by atoms with Crippen molar-refractivity contribution in [1.29, 1.82) is 0 Å². The molecule has 0 amide bonds. The van der Waals surface area contributed by atoms with Gasteiger partial charge in [0, 0.05) is 36.8 Å². The summed E-state index contributed by atoms with van der Waals surface area (Å²) in [6.45, 7) is 20.7. The molecule has 214 valence electrons. The van der Waals surface area contributed by atoms with Crippen LogP contribution in [0.1, 0.15) is 98.6 Å². The molecule has 5 aromatic rings. The standard InChI is InChI=1S/C39H49N2/c1-22(2)17-27-19-28(18-23(3)4)21-29(20-27)34-36-39(10,11)38(8,9)31-16-14-25(6)32-30-15-13-24(5)26(7)33(30)37(40(34)12)41(36)35(31)32/h13-16,19-23H,17-18H2,1-12H3/q+1/i6D3. The number of rotatable bonds is 5. The number of aryl methyl sites for hydroxylation is 4. The summed E-state index contributed by atoms with van der Waals surface area (Å²) < 4.78 is 30.7. The summed E-state index contributed by atoms with van der Waals surface area (Å²) >= 11 is 0. The Morgan fingerprint density at radius 3 is 2.00 bits per heavy atom. The Morgan fingerprint density at radius 2 is 1.41 bits per heavy atom. The fourth-order valence-electron chi connectivity index (χ4n) is 7.65. The van der Waals surface area contributed by atoms with Gasteiger partial charge in [-0.1, -0.05) is 85.7 Å². The van der Waals surface area contributed by atoms with Crippen LogP contribution in [0.4, 0.5) is 0 Å². The average Bonchev–Trinajstić information content (AvgIpc) is 3.21. The number of hydrogen-bond donors (Lipinski definition) is 0. The van der Waals surface area contributed by atoms with Crippen molar-refractivity contribution in [1.82, 2.24) is 4.40 Å². The Bertz CT molecular complexity index is 1960. The van der Waals surface area contributed by atoms with Gasteiger partial charge in [0.15, 0.2) is 11.4 Å². The van der Waals surface area contributed by atoms with E-state index in [0.29, 0.717) is 17.4 Å². The zero-order valence-electron chi connectivity index (χ0n) is 30.0. The molecule has 0 saturated heterocycles. The third-order valence-electron chi connectivity index (χ3n) is 10.4. The van der Waals surface area contributed by atoms with Gasteiger partial charge >= 0.3 is 0 Å². The molecule has 0 spiro atoms. The molecule has 2 heteroatoms. The van der Waals surface area contributed by atoms with Crippen LogP contribution in [0, 0.1) is 32.5 Å². The van der Waals surface area contributed by atoms with E-state index in [4.69, 9.17) is 4.11 Å². The second kappa shape index (κ2) is 9.18. The second-order valence-electron chi connectivity index (χ2n) is 14.7. The molecular formula is C39H49N2+. The quantitative estimate of drug-likeness (QED) is 0.153. The summed E-state index contributed by atoms with van der Waals surface area (Å²) in [7, 11) is 2.22. The molecule has 0 atom stereocenters. The Balaban J connectivity index is 1.92. The van der Waals surface area contributed by atoms with Gasteiger partial charge in [-0.25, -0.2) is 4.57 Å². The van der Waals surface area contributed by atoms with Gasteiger partial charge in [-0.15, -0.1) is 0 Å². The van der Waals surface area contributed by atoms with Crippen LogP contribution in [0.2, 0.25) is 0 Å². The number of aromatic nitrogens is 2. The van der Waals surface area contributed by atoms with E-state index in [1.54, 1.807) is 0 Å². The number of benzene rings is 3. The average molecular weight is 549 g/mol. The molecule has 3 aromatic carbocycles. The molecule has 0 aliphatic carbocycles. The highest BCUT2D eigenvalue weighted by Gasteiger charge is 2.52. The van der Waals surface area contributed by atoms with Crippen LogP contribution >= 0.6 is 0 Å². The molecule has 0 N–H and O–H groups in total. The first kappa shape index (κ1) is 24.5. The predicted octanol–water partition coefficient (Wildman–Crippen LogP) is 9.63. The van der Waals surface area contributed by atoms with Crippen LogP contribution in [0.5, 0.6) is 0 Å². The van der Waals surface area contributed by atoms with Crippen molar-refractivity contribution in [2.24, 2.45) is 18.9 Å². The highest BCUT2D eigenvalue weighted by atomic mass is 15.1. The minimum Gasteiger partial charge on any atom is -0.225 e. The van der Waals surface area contributed by atoms with Crippen molar-refractivity contribution >= 4 is 27.3 Å². The highest BCUT2D eigenvalue weighted by Crippen LogP contribution is 2.54. The van der Waals surface area contributed by atoms with Crippen molar-refractivity contribution in [3.8, 4) is 11.3 Å². The van der Waals surface area contributed by atoms with Crippen molar-refractivity contribution in [3.05, 3.63) is 81.5 Å². The van der Waals surface area contributed by atoms with Crippen LogP contribution in [0.15, 0.2) is 42.5 Å². The molecule has 6 rings (SSSR count). The van der Waals surface area contributed by atoms with Crippen LogP contribution in [-0.4, -0.2) is 4.40 Å². The Kier molecular flexibility index (Phi) is 5.48. The number of pyridine rings is 1. The van der Waals surface area contributed by atoms with Gasteiger partial charge in [0.25, 0.3) is 5.65 Å². The molecule has 3 heterocycles. The first-order valence-electron chi connectivity index (χ1n) is 17.0. The molecule has 0 unspecified atom stereocenters. The van der Waals surface area contributed by atoms with Gasteiger partial charge in [-0.05, 0) is 85.3 Å². The lowest BCUT2D eigenvalue weighted by Gasteiger charge is -2.43. The zero-order valence-corrected chi connectivity index (χ0v) is 27.0. The molecule has 2 nitrogen and oxygen atoms in total. The molecule has 1 aliphatic rings. The Labute approximate surface area is 251 Å². The molecular weight excluding hydrogens is 496 g/mol. The van der Waals surface area contributed by atoms with E-state index in [0.717, 1.165) is 40.2 Å². The molecule has 0 radical (unpaired) electrons. The highest BCUT2D eigenvalue weighted by molar-refractivity contribution is 6.15. The number of hydrogen-bond acceptors (Lipinski definition) is 0. The number of imidazole rings is 1. The minimum absolute atomic E-state index is 0.258. The minimum atomic E-state index is -2.23. The van der Waals surface area contributed by atoms with Crippen molar-refractivity contribution in [3.63, 3.8) is 0 Å². The second-order valence-corrected chi connectivity index (χ2v) is 14.7. The smallest absolute Gasteiger partial charge is 0.225 e. The summed E-state index contributed by atoms with van der Waals surface area (Å²) in [5.74, 6) is 1.12. The van der Waals surface area contributed by atoms with Crippen LogP contribution in [0.3, 0.4) is 0 Å². The van der Waals surface area contributed by atoms with E-state index in [1.807, 2.05) is 6.07 Å². The van der Waals surface area contributed by atoms with E-state index in [9.17, 15) is 0 Å². The van der Waals surface area contributed by atoms with Gasteiger partial charge in [0.05, 0.1) is 12.4 Å². The third-order valence-corrected chi connectivity index (χ3v) is 10.4. The van der Waals surface area contributed by atoms with Crippen LogP contribution in [-0.2, 0) is 30.7 Å². The lowest BCUT2D eigenvalue weighted by atomic mass is 9.60. The maximum Gasteiger partial charge on any atom is 0.295 e. The number of nitrogens with zero attached hydrogens (tertiary/aromatic N) is 2. The summed E-state index contributed by atoms with van der Waals surface area (Å²) in [6.07, 6.45) is 2.08. The molecule has 0 saturated carbocycles. The molecule has 2 aromatic heterocycles. The molecule has 1 aliphatic heterocycles. The third kappa shape index (κ3) is 3.85. The summed E-state index contributed by atoms with van der Waals surface area (Å²) in [4.78, 5) is 0. The topological polar surface area (TPSA) is 8.29 Å². The lowest BCUT2D eigenvalue weighted by molar-refractivity contribution is -0.632. The summed E-state index contributed by atoms with van der Waals surface area (Å²) in [5, 5.41) is 3.04. The maximum atomic E-state index is 8.61. The molecule has 41 heavy (non-hydrogen) atoms. The SMILES string of the molecule is [2H]C([2H])([2H])c1ccc2c3c1c1ccc(C)c(C)c1c1n3c(c(-c3cc(CC(C)C)cc(CC(C)C)c3)[n+]1C)C(C)(C)C2(C)C. The lowest BCUT2D eigenvalue weighted by Crippen LogP contribution is -2.44.